The quantitative estimate of drug-likeness (QED) is 0.659. The van der Waals surface area contributed by atoms with Crippen molar-refractivity contribution in [3.05, 3.63) is 59.7 Å². The summed E-state index contributed by atoms with van der Waals surface area (Å²) in [6.07, 6.45) is 1.85. The Morgan fingerprint density at radius 1 is 1.11 bits per heavy atom. The molecule has 0 atom stereocenters. The summed E-state index contributed by atoms with van der Waals surface area (Å²) < 4.78 is 31.1. The van der Waals surface area contributed by atoms with Gasteiger partial charge in [-0.3, -0.25) is 9.10 Å². The van der Waals surface area contributed by atoms with Crippen molar-refractivity contribution in [1.29, 1.82) is 0 Å². The average molecular weight is 405 g/mol. The summed E-state index contributed by atoms with van der Waals surface area (Å²) in [7, 11) is -3.41. The molecule has 0 saturated heterocycles. The van der Waals surface area contributed by atoms with Crippen molar-refractivity contribution in [2.24, 2.45) is 0 Å². The fourth-order valence-electron chi connectivity index (χ4n) is 2.81. The molecule has 0 aromatic heterocycles. The molecule has 0 bridgehead atoms. The van der Waals surface area contributed by atoms with Crippen molar-refractivity contribution < 1.29 is 17.9 Å². The van der Waals surface area contributed by atoms with Gasteiger partial charge >= 0.3 is 0 Å². The van der Waals surface area contributed by atoms with Gasteiger partial charge in [-0.1, -0.05) is 35.9 Å². The highest BCUT2D eigenvalue weighted by molar-refractivity contribution is 7.92. The lowest BCUT2D eigenvalue weighted by Gasteiger charge is -2.22. The Bertz CT molecular complexity index is 880. The molecule has 0 fully saturated rings. The van der Waals surface area contributed by atoms with Crippen LogP contribution in [0.5, 0.6) is 5.75 Å². The van der Waals surface area contributed by atoms with E-state index in [1.54, 1.807) is 12.1 Å². The molecule has 2 aromatic carbocycles. The minimum Gasteiger partial charge on any atom is -0.494 e. The molecule has 1 N–H and O–H groups in total. The predicted molar refractivity (Wildman–Crippen MR) is 112 cm³/mol. The van der Waals surface area contributed by atoms with Crippen molar-refractivity contribution in [3.8, 4) is 5.75 Å². The van der Waals surface area contributed by atoms with Crippen LogP contribution in [0.1, 0.15) is 30.9 Å². The number of hydrogen-bond acceptors (Lipinski definition) is 4. The predicted octanol–water partition coefficient (Wildman–Crippen LogP) is 3.26. The zero-order valence-electron chi connectivity index (χ0n) is 16.6. The van der Waals surface area contributed by atoms with E-state index in [1.165, 1.54) is 10.6 Å². The Balaban J connectivity index is 1.88. The van der Waals surface area contributed by atoms with Crippen LogP contribution in [0.2, 0.25) is 0 Å². The van der Waals surface area contributed by atoms with Crippen LogP contribution in [0, 0.1) is 6.92 Å². The van der Waals surface area contributed by atoms with Crippen molar-refractivity contribution in [2.45, 2.75) is 33.2 Å². The first-order chi connectivity index (χ1) is 13.3. The maximum absolute atomic E-state index is 12.2. The molecule has 152 valence electrons. The molecule has 0 spiro atoms. The van der Waals surface area contributed by atoms with Gasteiger partial charge in [-0.05, 0) is 38.5 Å². The molecule has 2 rings (SSSR count). The summed E-state index contributed by atoms with van der Waals surface area (Å²) in [6.45, 7) is 5.05. The van der Waals surface area contributed by atoms with E-state index in [2.05, 4.69) is 5.32 Å². The van der Waals surface area contributed by atoms with Gasteiger partial charge in [0.2, 0.25) is 15.9 Å². The summed E-state index contributed by atoms with van der Waals surface area (Å²) >= 11 is 0. The largest absolute Gasteiger partial charge is 0.494 e. The Morgan fingerprint density at radius 3 is 2.43 bits per heavy atom. The molecule has 0 saturated carbocycles. The number of sulfonamides is 1. The minimum absolute atomic E-state index is 0.122. The summed E-state index contributed by atoms with van der Waals surface area (Å²) in [5.74, 6) is 0.636. The molecule has 6 nitrogen and oxygen atoms in total. The second kappa shape index (κ2) is 10.1. The van der Waals surface area contributed by atoms with Crippen LogP contribution in [-0.2, 0) is 21.4 Å². The van der Waals surface area contributed by atoms with Gasteiger partial charge in [0, 0.05) is 25.1 Å². The van der Waals surface area contributed by atoms with Gasteiger partial charge in [-0.15, -0.1) is 0 Å². The maximum atomic E-state index is 12.2. The highest BCUT2D eigenvalue weighted by atomic mass is 32.2. The highest BCUT2D eigenvalue weighted by Gasteiger charge is 2.17. The van der Waals surface area contributed by atoms with E-state index in [0.29, 0.717) is 25.3 Å². The van der Waals surface area contributed by atoms with Crippen LogP contribution in [0.25, 0.3) is 0 Å². The standard InChI is InChI=1S/C21H28N2O4S/c1-4-27-20-9-6-5-8-18(20)16-22-21(24)10-7-15-23(28(3,25)26)19-13-11-17(2)12-14-19/h5-6,8-9,11-14H,4,7,10,15-16H2,1-3H3,(H,22,24). The lowest BCUT2D eigenvalue weighted by molar-refractivity contribution is -0.121. The second-order valence-electron chi connectivity index (χ2n) is 6.59. The number of anilines is 1. The van der Waals surface area contributed by atoms with Crippen molar-refractivity contribution in [3.63, 3.8) is 0 Å². The van der Waals surface area contributed by atoms with Crippen LogP contribution in [0.3, 0.4) is 0 Å². The Hall–Kier alpha value is -2.54. The van der Waals surface area contributed by atoms with E-state index in [4.69, 9.17) is 4.74 Å². The fraction of sp³-hybridized carbons (Fsp3) is 0.381. The molecular formula is C21H28N2O4S. The van der Waals surface area contributed by atoms with Crippen molar-refractivity contribution >= 4 is 21.6 Å². The number of para-hydroxylation sites is 1. The molecular weight excluding hydrogens is 376 g/mol. The van der Waals surface area contributed by atoms with E-state index in [1.807, 2.05) is 50.2 Å². The SMILES string of the molecule is CCOc1ccccc1CNC(=O)CCCN(c1ccc(C)cc1)S(C)(=O)=O. The average Bonchev–Trinajstić information content (AvgIpc) is 2.65. The number of ether oxygens (including phenoxy) is 1. The van der Waals surface area contributed by atoms with E-state index < -0.39 is 10.0 Å². The monoisotopic (exact) mass is 404 g/mol. The third-order valence-electron chi connectivity index (χ3n) is 4.24. The number of aryl methyl sites for hydroxylation is 1. The van der Waals surface area contributed by atoms with Crippen molar-refractivity contribution in [2.75, 3.05) is 23.7 Å². The molecule has 0 unspecified atom stereocenters. The minimum atomic E-state index is -3.41. The van der Waals surface area contributed by atoms with Gasteiger partial charge in [0.1, 0.15) is 5.75 Å². The first kappa shape index (κ1) is 21.8. The molecule has 1 amide bonds. The molecule has 0 aliphatic rings. The zero-order chi connectivity index (χ0) is 20.6. The molecule has 28 heavy (non-hydrogen) atoms. The first-order valence-corrected chi connectivity index (χ1v) is 11.2. The third kappa shape index (κ3) is 6.56. The summed E-state index contributed by atoms with van der Waals surface area (Å²) in [4.78, 5) is 12.2. The summed E-state index contributed by atoms with van der Waals surface area (Å²) in [5, 5.41) is 2.87. The van der Waals surface area contributed by atoms with Gasteiger partial charge in [-0.25, -0.2) is 8.42 Å². The second-order valence-corrected chi connectivity index (χ2v) is 8.50. The molecule has 0 heterocycles. The summed E-state index contributed by atoms with van der Waals surface area (Å²) in [6, 6.07) is 14.9. The van der Waals surface area contributed by atoms with Crippen LogP contribution in [0.15, 0.2) is 48.5 Å². The van der Waals surface area contributed by atoms with Gasteiger partial charge in [0.05, 0.1) is 18.6 Å². The first-order valence-electron chi connectivity index (χ1n) is 9.33. The van der Waals surface area contributed by atoms with E-state index in [0.717, 1.165) is 16.9 Å². The Morgan fingerprint density at radius 2 is 1.79 bits per heavy atom. The molecule has 2 aromatic rings. The molecule has 0 aliphatic heterocycles. The number of carbonyl (C=O) groups is 1. The van der Waals surface area contributed by atoms with E-state index in [9.17, 15) is 13.2 Å². The zero-order valence-corrected chi connectivity index (χ0v) is 17.5. The number of nitrogens with zero attached hydrogens (tertiary/aromatic N) is 1. The lowest BCUT2D eigenvalue weighted by atomic mass is 10.2. The van der Waals surface area contributed by atoms with Gasteiger partial charge in [-0.2, -0.15) is 0 Å². The number of benzene rings is 2. The van der Waals surface area contributed by atoms with Gasteiger partial charge in [0.25, 0.3) is 0 Å². The highest BCUT2D eigenvalue weighted by Crippen LogP contribution is 2.19. The van der Waals surface area contributed by atoms with Crippen molar-refractivity contribution in [1.82, 2.24) is 5.32 Å². The number of amides is 1. The maximum Gasteiger partial charge on any atom is 0.232 e. The number of nitrogens with one attached hydrogen (secondary N) is 1. The van der Waals surface area contributed by atoms with E-state index >= 15 is 0 Å². The fourth-order valence-corrected chi connectivity index (χ4v) is 3.77. The normalized spacial score (nSPS) is 11.1. The third-order valence-corrected chi connectivity index (χ3v) is 5.43. The summed E-state index contributed by atoms with van der Waals surface area (Å²) in [5.41, 5.74) is 2.58. The molecule has 0 aliphatic carbocycles. The van der Waals surface area contributed by atoms with Crippen LogP contribution in [-0.4, -0.2) is 33.7 Å². The molecule has 7 heteroatoms. The topological polar surface area (TPSA) is 75.7 Å². The number of carbonyl (C=O) groups excluding carboxylic acids is 1. The van der Waals surface area contributed by atoms with Crippen LogP contribution >= 0.6 is 0 Å². The van der Waals surface area contributed by atoms with Gasteiger partial charge < -0.3 is 10.1 Å². The van der Waals surface area contributed by atoms with Crippen LogP contribution in [0.4, 0.5) is 5.69 Å². The van der Waals surface area contributed by atoms with Crippen LogP contribution < -0.4 is 14.4 Å². The lowest BCUT2D eigenvalue weighted by Crippen LogP contribution is -2.32. The Labute approximate surface area is 167 Å². The smallest absolute Gasteiger partial charge is 0.232 e. The van der Waals surface area contributed by atoms with E-state index in [-0.39, 0.29) is 18.9 Å². The number of hydrogen-bond donors (Lipinski definition) is 1. The Kier molecular flexibility index (Phi) is 7.87. The number of rotatable bonds is 10. The van der Waals surface area contributed by atoms with Gasteiger partial charge in [0.15, 0.2) is 0 Å². The molecule has 0 radical (unpaired) electrons.